The predicted octanol–water partition coefficient (Wildman–Crippen LogP) is 1.68. The van der Waals surface area contributed by atoms with Crippen molar-refractivity contribution >= 4 is 17.7 Å². The minimum absolute atomic E-state index is 0.0659. The molecule has 1 saturated heterocycles. The van der Waals surface area contributed by atoms with Gasteiger partial charge in [-0.3, -0.25) is 4.79 Å². The first-order valence-electron chi connectivity index (χ1n) is 4.58. The number of amides is 1. The monoisotopic (exact) mass is 195 g/mol. The second kappa shape index (κ2) is 3.58. The fourth-order valence-electron chi connectivity index (χ4n) is 1.94. The molecule has 0 aromatic carbocycles. The van der Waals surface area contributed by atoms with Crippen molar-refractivity contribution < 1.29 is 4.79 Å². The molecule has 2 aliphatic rings. The lowest BCUT2D eigenvalue weighted by Gasteiger charge is -2.14. The summed E-state index contributed by atoms with van der Waals surface area (Å²) in [6, 6.07) is 0. The summed E-state index contributed by atoms with van der Waals surface area (Å²) in [6.45, 7) is 0. The highest BCUT2D eigenvalue weighted by molar-refractivity contribution is 8.03. The van der Waals surface area contributed by atoms with Crippen LogP contribution in [-0.4, -0.2) is 11.7 Å². The Bertz CT molecular complexity index is 283. The van der Waals surface area contributed by atoms with Crippen molar-refractivity contribution in [1.82, 2.24) is 0 Å². The third kappa shape index (κ3) is 1.66. The molecule has 0 spiro atoms. The molecule has 13 heavy (non-hydrogen) atoms. The molecule has 1 amide bonds. The number of hydrogen-bond donors (Lipinski definition) is 1. The Morgan fingerprint density at radius 3 is 3.23 bits per heavy atom. The number of hydrogen-bond acceptors (Lipinski definition) is 2. The zero-order valence-electron chi connectivity index (χ0n) is 7.40. The van der Waals surface area contributed by atoms with Crippen molar-refractivity contribution in [3.8, 4) is 0 Å². The maximum absolute atomic E-state index is 11.1. The van der Waals surface area contributed by atoms with Gasteiger partial charge in [-0.05, 0) is 17.7 Å². The Balaban J connectivity index is 2.19. The SMILES string of the molecule is NC(=O)C1CSC2=CC=CCCC21. The van der Waals surface area contributed by atoms with E-state index in [0.29, 0.717) is 5.92 Å². The molecule has 3 heteroatoms. The summed E-state index contributed by atoms with van der Waals surface area (Å²) in [4.78, 5) is 12.5. The summed E-state index contributed by atoms with van der Waals surface area (Å²) in [5, 5.41) is 0. The van der Waals surface area contributed by atoms with Crippen LogP contribution in [0, 0.1) is 11.8 Å². The van der Waals surface area contributed by atoms with Gasteiger partial charge in [0.1, 0.15) is 0 Å². The molecule has 2 N–H and O–H groups in total. The van der Waals surface area contributed by atoms with Crippen LogP contribution in [0.2, 0.25) is 0 Å². The number of fused-ring (bicyclic) bond motifs is 1. The fourth-order valence-corrected chi connectivity index (χ4v) is 3.38. The van der Waals surface area contributed by atoms with E-state index < -0.39 is 0 Å². The van der Waals surface area contributed by atoms with Crippen LogP contribution in [0.3, 0.4) is 0 Å². The van der Waals surface area contributed by atoms with Gasteiger partial charge in [0.05, 0.1) is 5.92 Å². The number of rotatable bonds is 1. The van der Waals surface area contributed by atoms with Crippen molar-refractivity contribution in [2.75, 3.05) is 5.75 Å². The molecule has 1 aliphatic carbocycles. The highest BCUT2D eigenvalue weighted by Gasteiger charge is 2.35. The largest absolute Gasteiger partial charge is 0.369 e. The van der Waals surface area contributed by atoms with Crippen molar-refractivity contribution in [3.63, 3.8) is 0 Å². The van der Waals surface area contributed by atoms with Crippen LogP contribution in [-0.2, 0) is 4.79 Å². The van der Waals surface area contributed by atoms with Gasteiger partial charge >= 0.3 is 0 Å². The number of nitrogens with two attached hydrogens (primary N) is 1. The van der Waals surface area contributed by atoms with E-state index in [4.69, 9.17) is 5.73 Å². The maximum Gasteiger partial charge on any atom is 0.222 e. The minimum atomic E-state index is -0.136. The Morgan fingerprint density at radius 2 is 2.46 bits per heavy atom. The van der Waals surface area contributed by atoms with Gasteiger partial charge < -0.3 is 5.73 Å². The number of carbonyl (C=O) groups excluding carboxylic acids is 1. The number of allylic oxidation sites excluding steroid dienone is 4. The topological polar surface area (TPSA) is 43.1 Å². The molecule has 0 aromatic heterocycles. The summed E-state index contributed by atoms with van der Waals surface area (Å²) >= 11 is 1.79. The van der Waals surface area contributed by atoms with Crippen molar-refractivity contribution in [3.05, 3.63) is 23.1 Å². The van der Waals surface area contributed by atoms with Gasteiger partial charge in [0, 0.05) is 11.7 Å². The molecule has 0 bridgehead atoms. The number of primary amides is 1. The summed E-state index contributed by atoms with van der Waals surface area (Å²) in [6.07, 6.45) is 8.51. The smallest absolute Gasteiger partial charge is 0.222 e. The third-order valence-electron chi connectivity index (χ3n) is 2.69. The molecule has 0 radical (unpaired) electrons. The van der Waals surface area contributed by atoms with Gasteiger partial charge in [0.2, 0.25) is 5.91 Å². The molecule has 1 fully saturated rings. The van der Waals surface area contributed by atoms with Crippen LogP contribution in [0.5, 0.6) is 0 Å². The van der Waals surface area contributed by atoms with E-state index in [1.54, 1.807) is 11.8 Å². The van der Waals surface area contributed by atoms with Crippen LogP contribution < -0.4 is 5.73 Å². The fraction of sp³-hybridized carbons (Fsp3) is 0.500. The van der Waals surface area contributed by atoms with Gasteiger partial charge in [-0.15, -0.1) is 11.8 Å². The molecule has 2 rings (SSSR count). The number of thioether (sulfide) groups is 1. The quantitative estimate of drug-likeness (QED) is 0.692. The molecule has 0 aromatic rings. The lowest BCUT2D eigenvalue weighted by atomic mass is 9.90. The molecular weight excluding hydrogens is 182 g/mol. The van der Waals surface area contributed by atoms with Gasteiger partial charge in [0.15, 0.2) is 0 Å². The average molecular weight is 195 g/mol. The van der Waals surface area contributed by atoms with E-state index in [0.717, 1.165) is 18.6 Å². The minimum Gasteiger partial charge on any atom is -0.369 e. The molecule has 2 nitrogen and oxygen atoms in total. The summed E-state index contributed by atoms with van der Waals surface area (Å²) in [5.41, 5.74) is 5.36. The summed E-state index contributed by atoms with van der Waals surface area (Å²) in [7, 11) is 0. The lowest BCUT2D eigenvalue weighted by Crippen LogP contribution is -2.28. The Morgan fingerprint density at radius 1 is 1.62 bits per heavy atom. The normalized spacial score (nSPS) is 32.2. The van der Waals surface area contributed by atoms with Crippen molar-refractivity contribution in [2.24, 2.45) is 17.6 Å². The van der Waals surface area contributed by atoms with E-state index in [9.17, 15) is 4.79 Å². The van der Waals surface area contributed by atoms with Crippen LogP contribution in [0.25, 0.3) is 0 Å². The number of carbonyl (C=O) groups is 1. The average Bonchev–Trinajstić information content (AvgIpc) is 2.36. The van der Waals surface area contributed by atoms with E-state index >= 15 is 0 Å². The first-order valence-corrected chi connectivity index (χ1v) is 5.56. The molecule has 1 heterocycles. The van der Waals surface area contributed by atoms with Crippen LogP contribution >= 0.6 is 11.8 Å². The van der Waals surface area contributed by atoms with E-state index in [1.165, 1.54) is 4.91 Å². The van der Waals surface area contributed by atoms with E-state index in [1.807, 2.05) is 0 Å². The molecule has 0 saturated carbocycles. The second-order valence-electron chi connectivity index (χ2n) is 3.50. The lowest BCUT2D eigenvalue weighted by molar-refractivity contribution is -0.122. The maximum atomic E-state index is 11.1. The Hall–Kier alpha value is -0.700. The first-order chi connectivity index (χ1) is 6.29. The van der Waals surface area contributed by atoms with Crippen molar-refractivity contribution in [1.29, 1.82) is 0 Å². The van der Waals surface area contributed by atoms with Crippen LogP contribution in [0.1, 0.15) is 12.8 Å². The molecular formula is C10H13NOS. The van der Waals surface area contributed by atoms with E-state index in [-0.39, 0.29) is 11.8 Å². The zero-order valence-corrected chi connectivity index (χ0v) is 8.22. The van der Waals surface area contributed by atoms with Crippen molar-refractivity contribution in [2.45, 2.75) is 12.8 Å². The van der Waals surface area contributed by atoms with Gasteiger partial charge in [0.25, 0.3) is 0 Å². The van der Waals surface area contributed by atoms with Gasteiger partial charge in [-0.25, -0.2) is 0 Å². The van der Waals surface area contributed by atoms with Crippen LogP contribution in [0.15, 0.2) is 23.1 Å². The van der Waals surface area contributed by atoms with Crippen LogP contribution in [0.4, 0.5) is 0 Å². The first kappa shape index (κ1) is 8.88. The Kier molecular flexibility index (Phi) is 2.44. The Labute approximate surface area is 82.3 Å². The molecule has 1 aliphatic heterocycles. The summed E-state index contributed by atoms with van der Waals surface area (Å²) < 4.78 is 0. The predicted molar refractivity (Wildman–Crippen MR) is 55.1 cm³/mol. The molecule has 70 valence electrons. The van der Waals surface area contributed by atoms with Gasteiger partial charge in [-0.1, -0.05) is 18.2 Å². The highest BCUT2D eigenvalue weighted by atomic mass is 32.2. The molecule has 2 unspecified atom stereocenters. The van der Waals surface area contributed by atoms with E-state index in [2.05, 4.69) is 18.2 Å². The third-order valence-corrected chi connectivity index (χ3v) is 3.99. The standard InChI is InChI=1S/C10H13NOS/c11-10(12)8-6-13-9-5-3-1-2-4-7(8)9/h1,3,5,7-8H,2,4,6H2,(H2,11,12). The zero-order chi connectivity index (χ0) is 9.26. The second-order valence-corrected chi connectivity index (χ2v) is 4.59. The summed E-state index contributed by atoms with van der Waals surface area (Å²) in [5.74, 6) is 1.20. The highest BCUT2D eigenvalue weighted by Crippen LogP contribution is 2.43. The molecule has 2 atom stereocenters. The van der Waals surface area contributed by atoms with Gasteiger partial charge in [-0.2, -0.15) is 0 Å².